The Bertz CT molecular complexity index is 352. The van der Waals surface area contributed by atoms with Gasteiger partial charge in [-0.2, -0.15) is 5.48 Å². The number of amides is 1. The van der Waals surface area contributed by atoms with E-state index in [-0.39, 0.29) is 11.9 Å². The fraction of sp³-hybridized carbons (Fsp3) is 0.500. The molecular weight excluding hydrogens is 228 g/mol. The molecule has 0 fully saturated rings. The van der Waals surface area contributed by atoms with E-state index in [0.29, 0.717) is 19.1 Å². The molecule has 0 aliphatic heterocycles. The molecule has 0 saturated carbocycles. The van der Waals surface area contributed by atoms with Crippen molar-refractivity contribution in [2.45, 2.75) is 33.4 Å². The van der Waals surface area contributed by atoms with E-state index in [0.717, 1.165) is 5.56 Å². The van der Waals surface area contributed by atoms with Crippen LogP contribution < -0.4 is 10.8 Å². The summed E-state index contributed by atoms with van der Waals surface area (Å²) in [6.07, 6.45) is 0. The average molecular weight is 250 g/mol. The van der Waals surface area contributed by atoms with Gasteiger partial charge in [-0.15, -0.1) is 0 Å². The smallest absolute Gasteiger partial charge is 0.239 e. The molecule has 1 aromatic rings. The first kappa shape index (κ1) is 14.7. The van der Waals surface area contributed by atoms with E-state index in [2.05, 4.69) is 24.6 Å². The van der Waals surface area contributed by atoms with E-state index >= 15 is 0 Å². The first-order valence-electron chi connectivity index (χ1n) is 6.28. The summed E-state index contributed by atoms with van der Waals surface area (Å²) in [5.41, 5.74) is 3.81. The van der Waals surface area contributed by atoms with E-state index in [1.807, 2.05) is 30.3 Å². The van der Waals surface area contributed by atoms with Crippen molar-refractivity contribution in [3.8, 4) is 0 Å². The molecule has 1 atom stereocenters. The predicted octanol–water partition coefficient (Wildman–Crippen LogP) is 1.87. The van der Waals surface area contributed by atoms with Gasteiger partial charge in [0.2, 0.25) is 5.91 Å². The van der Waals surface area contributed by atoms with Crippen LogP contribution in [0.4, 0.5) is 0 Å². The molecule has 0 aromatic heterocycles. The molecule has 0 aliphatic rings. The van der Waals surface area contributed by atoms with Crippen molar-refractivity contribution in [2.24, 2.45) is 5.92 Å². The zero-order valence-electron chi connectivity index (χ0n) is 11.3. The van der Waals surface area contributed by atoms with Gasteiger partial charge in [-0.3, -0.25) is 9.63 Å². The third-order valence-corrected chi connectivity index (χ3v) is 2.42. The van der Waals surface area contributed by atoms with Crippen LogP contribution in [0.25, 0.3) is 0 Å². The summed E-state index contributed by atoms with van der Waals surface area (Å²) < 4.78 is 0. The number of carbonyl (C=O) groups excluding carboxylic acids is 1. The Morgan fingerprint density at radius 1 is 1.22 bits per heavy atom. The van der Waals surface area contributed by atoms with Crippen LogP contribution in [0.3, 0.4) is 0 Å². The summed E-state index contributed by atoms with van der Waals surface area (Å²) in [4.78, 5) is 16.9. The molecule has 18 heavy (non-hydrogen) atoms. The summed E-state index contributed by atoms with van der Waals surface area (Å²) in [5.74, 6) is 0.406. The monoisotopic (exact) mass is 250 g/mol. The second-order valence-electron chi connectivity index (χ2n) is 4.75. The van der Waals surface area contributed by atoms with E-state index in [1.54, 1.807) is 6.92 Å². The van der Waals surface area contributed by atoms with Crippen LogP contribution in [0, 0.1) is 5.92 Å². The molecule has 0 radical (unpaired) electrons. The zero-order chi connectivity index (χ0) is 13.4. The summed E-state index contributed by atoms with van der Waals surface area (Å²) in [6, 6.07) is 9.47. The van der Waals surface area contributed by atoms with Crippen LogP contribution in [0.5, 0.6) is 0 Å². The molecule has 4 heteroatoms. The van der Waals surface area contributed by atoms with Crippen molar-refractivity contribution < 1.29 is 9.63 Å². The third kappa shape index (κ3) is 5.80. The second-order valence-corrected chi connectivity index (χ2v) is 4.75. The standard InChI is InChI=1S/C14H22N2O2/c1-11(2)9-15-14(17)12(3)16-18-10-13-7-5-4-6-8-13/h4-8,11-12,16H,9-10H2,1-3H3,(H,15,17). The lowest BCUT2D eigenvalue weighted by atomic mass is 10.2. The van der Waals surface area contributed by atoms with Gasteiger partial charge < -0.3 is 5.32 Å². The molecule has 0 aliphatic carbocycles. The van der Waals surface area contributed by atoms with Gasteiger partial charge in [-0.25, -0.2) is 0 Å². The van der Waals surface area contributed by atoms with Crippen molar-refractivity contribution in [2.75, 3.05) is 6.54 Å². The Morgan fingerprint density at radius 2 is 1.89 bits per heavy atom. The molecular formula is C14H22N2O2. The molecule has 0 bridgehead atoms. The molecule has 0 saturated heterocycles. The number of benzene rings is 1. The molecule has 0 heterocycles. The van der Waals surface area contributed by atoms with E-state index < -0.39 is 0 Å². The quantitative estimate of drug-likeness (QED) is 0.726. The van der Waals surface area contributed by atoms with E-state index in [4.69, 9.17) is 4.84 Å². The van der Waals surface area contributed by atoms with Gasteiger partial charge >= 0.3 is 0 Å². The number of hydrogen-bond acceptors (Lipinski definition) is 3. The molecule has 100 valence electrons. The van der Waals surface area contributed by atoms with Gasteiger partial charge in [0.15, 0.2) is 0 Å². The fourth-order valence-corrected chi connectivity index (χ4v) is 1.34. The second kappa shape index (κ2) is 7.84. The Morgan fingerprint density at radius 3 is 2.50 bits per heavy atom. The Kier molecular flexibility index (Phi) is 6.39. The number of rotatable bonds is 7. The van der Waals surface area contributed by atoms with E-state index in [9.17, 15) is 4.79 Å². The van der Waals surface area contributed by atoms with E-state index in [1.165, 1.54) is 0 Å². The van der Waals surface area contributed by atoms with Gasteiger partial charge in [0.05, 0.1) is 6.61 Å². The Balaban J connectivity index is 2.20. The summed E-state index contributed by atoms with van der Waals surface area (Å²) in [7, 11) is 0. The highest BCUT2D eigenvalue weighted by Crippen LogP contribution is 1.99. The average Bonchev–Trinajstić information content (AvgIpc) is 2.37. The number of carbonyl (C=O) groups is 1. The minimum absolute atomic E-state index is 0.0447. The van der Waals surface area contributed by atoms with Gasteiger partial charge in [0.1, 0.15) is 6.04 Å². The first-order valence-corrected chi connectivity index (χ1v) is 6.28. The maximum atomic E-state index is 11.6. The molecule has 1 amide bonds. The van der Waals surface area contributed by atoms with Crippen molar-refractivity contribution in [3.63, 3.8) is 0 Å². The lowest BCUT2D eigenvalue weighted by Gasteiger charge is -2.15. The summed E-state index contributed by atoms with van der Waals surface area (Å²) in [6.45, 7) is 7.03. The van der Waals surface area contributed by atoms with Crippen LogP contribution in [0.1, 0.15) is 26.3 Å². The van der Waals surface area contributed by atoms with Crippen molar-refractivity contribution >= 4 is 5.91 Å². The minimum atomic E-state index is -0.354. The highest BCUT2D eigenvalue weighted by Gasteiger charge is 2.12. The minimum Gasteiger partial charge on any atom is -0.354 e. The van der Waals surface area contributed by atoms with Crippen LogP contribution in [-0.2, 0) is 16.2 Å². The van der Waals surface area contributed by atoms with Crippen LogP contribution in [0.15, 0.2) is 30.3 Å². The largest absolute Gasteiger partial charge is 0.354 e. The fourth-order valence-electron chi connectivity index (χ4n) is 1.34. The summed E-state index contributed by atoms with van der Waals surface area (Å²) >= 11 is 0. The molecule has 2 N–H and O–H groups in total. The molecule has 1 aromatic carbocycles. The zero-order valence-corrected chi connectivity index (χ0v) is 11.3. The molecule has 4 nitrogen and oxygen atoms in total. The lowest BCUT2D eigenvalue weighted by Crippen LogP contribution is -2.43. The molecule has 0 spiro atoms. The first-order chi connectivity index (χ1) is 8.59. The topological polar surface area (TPSA) is 50.4 Å². The lowest BCUT2D eigenvalue weighted by molar-refractivity contribution is -0.127. The van der Waals surface area contributed by atoms with Crippen molar-refractivity contribution in [3.05, 3.63) is 35.9 Å². The van der Waals surface area contributed by atoms with Crippen molar-refractivity contribution in [1.29, 1.82) is 0 Å². The summed E-state index contributed by atoms with van der Waals surface area (Å²) in [5, 5.41) is 2.85. The molecule has 1 rings (SSSR count). The maximum Gasteiger partial charge on any atom is 0.239 e. The van der Waals surface area contributed by atoms with Gasteiger partial charge in [0, 0.05) is 6.54 Å². The highest BCUT2D eigenvalue weighted by molar-refractivity contribution is 5.81. The van der Waals surface area contributed by atoms with Crippen LogP contribution >= 0.6 is 0 Å². The predicted molar refractivity (Wildman–Crippen MR) is 71.7 cm³/mol. The Hall–Kier alpha value is -1.39. The number of hydroxylamine groups is 1. The van der Waals surface area contributed by atoms with Crippen molar-refractivity contribution in [1.82, 2.24) is 10.8 Å². The number of nitrogens with one attached hydrogen (secondary N) is 2. The Labute approximate surface area is 109 Å². The molecule has 1 unspecified atom stereocenters. The SMILES string of the molecule is CC(C)CNC(=O)C(C)NOCc1ccccc1. The van der Waals surface area contributed by atoms with Gasteiger partial charge in [-0.1, -0.05) is 44.2 Å². The van der Waals surface area contributed by atoms with Gasteiger partial charge in [0.25, 0.3) is 0 Å². The maximum absolute atomic E-state index is 11.6. The third-order valence-electron chi connectivity index (χ3n) is 2.42. The highest BCUT2D eigenvalue weighted by atomic mass is 16.6. The normalized spacial score (nSPS) is 12.4. The van der Waals surface area contributed by atoms with Crippen LogP contribution in [0.2, 0.25) is 0 Å². The number of hydrogen-bond donors (Lipinski definition) is 2. The van der Waals surface area contributed by atoms with Gasteiger partial charge in [-0.05, 0) is 18.4 Å². The van der Waals surface area contributed by atoms with Crippen LogP contribution in [-0.4, -0.2) is 18.5 Å².